The minimum Gasteiger partial charge on any atom is -0.376 e. The van der Waals surface area contributed by atoms with Gasteiger partial charge in [-0.15, -0.1) is 12.4 Å². The van der Waals surface area contributed by atoms with Gasteiger partial charge >= 0.3 is 0 Å². The summed E-state index contributed by atoms with van der Waals surface area (Å²) in [4.78, 5) is 0. The molecule has 2 nitrogen and oxygen atoms in total. The molecule has 2 N–H and O–H groups in total. The van der Waals surface area contributed by atoms with E-state index in [0.717, 1.165) is 6.61 Å². The molecule has 3 heteroatoms. The van der Waals surface area contributed by atoms with E-state index in [1.54, 1.807) is 0 Å². The normalized spacial score (nSPS) is 30.3. The second-order valence-corrected chi connectivity index (χ2v) is 3.02. The smallest absolute Gasteiger partial charge is 0.0770 e. The second-order valence-electron chi connectivity index (χ2n) is 3.02. The largest absolute Gasteiger partial charge is 0.376 e. The van der Waals surface area contributed by atoms with Crippen LogP contribution in [0.5, 0.6) is 0 Å². The van der Waals surface area contributed by atoms with Gasteiger partial charge in [0.2, 0.25) is 0 Å². The summed E-state index contributed by atoms with van der Waals surface area (Å²) in [5, 5.41) is 0. The van der Waals surface area contributed by atoms with E-state index in [0.29, 0.717) is 18.1 Å². The van der Waals surface area contributed by atoms with Gasteiger partial charge in [-0.25, -0.2) is 0 Å². The Bertz CT molecular complexity index is 93.1. The highest BCUT2D eigenvalue weighted by molar-refractivity contribution is 5.85. The number of nitrogens with two attached hydrogens (primary N) is 1. The molecule has 56 valence electrons. The van der Waals surface area contributed by atoms with Crippen LogP contribution in [0, 0.1) is 5.41 Å². The summed E-state index contributed by atoms with van der Waals surface area (Å²) in [6.07, 6.45) is 0.308. The summed E-state index contributed by atoms with van der Waals surface area (Å²) in [7, 11) is 0. The van der Waals surface area contributed by atoms with Crippen molar-refractivity contribution in [3.8, 4) is 0 Å². The zero-order chi connectivity index (χ0) is 6.20. The molecule has 1 rings (SSSR count). The topological polar surface area (TPSA) is 35.2 Å². The van der Waals surface area contributed by atoms with Gasteiger partial charge in [-0.05, 0) is 0 Å². The molecule has 0 bridgehead atoms. The van der Waals surface area contributed by atoms with Crippen molar-refractivity contribution in [2.75, 3.05) is 13.2 Å². The van der Waals surface area contributed by atoms with Gasteiger partial charge in [0.05, 0.1) is 12.7 Å². The first-order valence-corrected chi connectivity index (χ1v) is 2.98. The van der Waals surface area contributed by atoms with Crippen molar-refractivity contribution in [3.05, 3.63) is 0 Å². The molecule has 1 aliphatic rings. The van der Waals surface area contributed by atoms with Gasteiger partial charge in [0.25, 0.3) is 0 Å². The minimum absolute atomic E-state index is 0. The fraction of sp³-hybridized carbons (Fsp3) is 1.00. The summed E-state index contributed by atoms with van der Waals surface area (Å²) in [6, 6.07) is 0. The van der Waals surface area contributed by atoms with Crippen LogP contribution in [0.1, 0.15) is 13.8 Å². The molecule has 0 radical (unpaired) electrons. The van der Waals surface area contributed by atoms with Crippen molar-refractivity contribution in [2.45, 2.75) is 20.0 Å². The lowest BCUT2D eigenvalue weighted by atomic mass is 9.83. The summed E-state index contributed by atoms with van der Waals surface area (Å²) >= 11 is 0. The van der Waals surface area contributed by atoms with Gasteiger partial charge in [-0.3, -0.25) is 0 Å². The first kappa shape index (κ1) is 9.21. The predicted molar refractivity (Wildman–Crippen MR) is 39.8 cm³/mol. The summed E-state index contributed by atoms with van der Waals surface area (Å²) < 4.78 is 5.17. The Morgan fingerprint density at radius 1 is 1.67 bits per heavy atom. The fourth-order valence-electron chi connectivity index (χ4n) is 0.922. The Labute approximate surface area is 62.2 Å². The molecule has 9 heavy (non-hydrogen) atoms. The highest BCUT2D eigenvalue weighted by atomic mass is 35.5. The van der Waals surface area contributed by atoms with Gasteiger partial charge in [-0.2, -0.15) is 0 Å². The van der Waals surface area contributed by atoms with E-state index in [-0.39, 0.29) is 12.4 Å². The molecule has 1 unspecified atom stereocenters. The van der Waals surface area contributed by atoms with E-state index in [2.05, 4.69) is 13.8 Å². The van der Waals surface area contributed by atoms with Crippen LogP contribution in [0.25, 0.3) is 0 Å². The van der Waals surface area contributed by atoms with E-state index < -0.39 is 0 Å². The maximum Gasteiger partial charge on any atom is 0.0770 e. The van der Waals surface area contributed by atoms with Crippen LogP contribution in [-0.4, -0.2) is 19.3 Å². The molecular formula is C6H14ClNO. The van der Waals surface area contributed by atoms with Crippen molar-refractivity contribution in [1.82, 2.24) is 0 Å². The quantitative estimate of drug-likeness (QED) is 0.602. The Morgan fingerprint density at radius 2 is 2.22 bits per heavy atom. The number of ether oxygens (including phenoxy) is 1. The van der Waals surface area contributed by atoms with Crippen molar-refractivity contribution >= 4 is 12.4 Å². The van der Waals surface area contributed by atoms with Gasteiger partial charge in [-0.1, -0.05) is 13.8 Å². The molecule has 0 amide bonds. The van der Waals surface area contributed by atoms with Gasteiger partial charge in [0, 0.05) is 12.0 Å². The van der Waals surface area contributed by atoms with Crippen molar-refractivity contribution in [3.63, 3.8) is 0 Å². The van der Waals surface area contributed by atoms with Crippen molar-refractivity contribution in [1.29, 1.82) is 0 Å². The van der Waals surface area contributed by atoms with E-state index in [4.69, 9.17) is 10.5 Å². The molecule has 1 atom stereocenters. The monoisotopic (exact) mass is 151 g/mol. The molecule has 0 aliphatic carbocycles. The summed E-state index contributed by atoms with van der Waals surface area (Å²) in [5.74, 6) is 0. The molecule has 1 aliphatic heterocycles. The average Bonchev–Trinajstić information content (AvgIpc) is 1.66. The average molecular weight is 152 g/mol. The van der Waals surface area contributed by atoms with Crippen LogP contribution < -0.4 is 5.73 Å². The van der Waals surface area contributed by atoms with Crippen LogP contribution in [-0.2, 0) is 4.74 Å². The van der Waals surface area contributed by atoms with E-state index in [9.17, 15) is 0 Å². The van der Waals surface area contributed by atoms with E-state index >= 15 is 0 Å². The zero-order valence-electron chi connectivity index (χ0n) is 5.89. The zero-order valence-corrected chi connectivity index (χ0v) is 6.70. The molecule has 0 aromatic carbocycles. The highest BCUT2D eigenvalue weighted by Crippen LogP contribution is 2.32. The molecule has 0 saturated carbocycles. The third-order valence-electron chi connectivity index (χ3n) is 1.74. The second kappa shape index (κ2) is 2.86. The number of hydrogen-bond acceptors (Lipinski definition) is 2. The molecule has 1 saturated heterocycles. The Morgan fingerprint density at radius 3 is 2.22 bits per heavy atom. The Hall–Kier alpha value is 0.210. The molecule has 0 spiro atoms. The van der Waals surface area contributed by atoms with Crippen molar-refractivity contribution < 1.29 is 4.74 Å². The predicted octanol–water partition coefficient (Wildman–Crippen LogP) is 0.792. The summed E-state index contributed by atoms with van der Waals surface area (Å²) in [6.45, 7) is 5.88. The van der Waals surface area contributed by atoms with Crippen LogP contribution >= 0.6 is 12.4 Å². The molecule has 0 aromatic heterocycles. The third-order valence-corrected chi connectivity index (χ3v) is 1.74. The lowest BCUT2D eigenvalue weighted by Crippen LogP contribution is -2.51. The number of halogens is 1. The van der Waals surface area contributed by atoms with Crippen LogP contribution in [0.3, 0.4) is 0 Å². The maximum atomic E-state index is 5.38. The summed E-state index contributed by atoms with van der Waals surface area (Å²) in [5.41, 5.74) is 5.73. The standard InChI is InChI=1S/C6H13NO.ClH/c1-6(2)4-8-5(6)3-7;/h5H,3-4,7H2,1-2H3;1H. The van der Waals surface area contributed by atoms with Gasteiger partial charge in [0.15, 0.2) is 0 Å². The Kier molecular flexibility index (Phi) is 2.93. The molecular weight excluding hydrogens is 138 g/mol. The first-order chi connectivity index (χ1) is 3.67. The van der Waals surface area contributed by atoms with E-state index in [1.165, 1.54) is 0 Å². The fourth-order valence-corrected chi connectivity index (χ4v) is 0.922. The highest BCUT2D eigenvalue weighted by Gasteiger charge is 2.38. The Balaban J connectivity index is 0.000000640. The van der Waals surface area contributed by atoms with Crippen LogP contribution in [0.15, 0.2) is 0 Å². The first-order valence-electron chi connectivity index (χ1n) is 2.98. The lowest BCUT2D eigenvalue weighted by molar-refractivity contribution is -0.161. The SMILES string of the molecule is CC1(C)COC1CN.Cl. The van der Waals surface area contributed by atoms with Gasteiger partial charge in [0.1, 0.15) is 0 Å². The van der Waals surface area contributed by atoms with Crippen LogP contribution in [0.2, 0.25) is 0 Å². The van der Waals surface area contributed by atoms with Gasteiger partial charge < -0.3 is 10.5 Å². The maximum absolute atomic E-state index is 5.38. The molecule has 1 fully saturated rings. The minimum atomic E-state index is 0. The number of hydrogen-bond donors (Lipinski definition) is 1. The van der Waals surface area contributed by atoms with E-state index in [1.807, 2.05) is 0 Å². The molecule has 1 heterocycles. The lowest BCUT2D eigenvalue weighted by Gasteiger charge is -2.43. The third kappa shape index (κ3) is 1.57. The van der Waals surface area contributed by atoms with Crippen LogP contribution in [0.4, 0.5) is 0 Å². The molecule has 0 aromatic rings. The van der Waals surface area contributed by atoms with Crippen molar-refractivity contribution in [2.24, 2.45) is 11.1 Å². The number of rotatable bonds is 1.